The molecule has 0 amide bonds. The average molecular weight is 486 g/mol. The number of fused-ring (bicyclic) bond motifs is 2. The van der Waals surface area contributed by atoms with Crippen LogP contribution < -0.4 is 18.9 Å². The second-order valence-corrected chi connectivity index (χ2v) is 8.64. The molecule has 0 saturated carbocycles. The zero-order chi connectivity index (χ0) is 23.7. The number of rotatable bonds is 7. The molecule has 7 nitrogen and oxygen atoms in total. The molecule has 5 rings (SSSR count). The van der Waals surface area contributed by atoms with E-state index in [1.165, 1.54) is 17.8 Å². The minimum atomic E-state index is -3.35. The van der Waals surface area contributed by atoms with Crippen LogP contribution in [0.4, 0.5) is 8.78 Å². The van der Waals surface area contributed by atoms with Crippen LogP contribution in [0.25, 0.3) is 11.0 Å². The lowest BCUT2D eigenvalue weighted by atomic mass is 10.2. The number of alkyl halides is 2. The molecule has 34 heavy (non-hydrogen) atoms. The van der Waals surface area contributed by atoms with Crippen LogP contribution in [0.15, 0.2) is 53.8 Å². The maximum Gasteiger partial charge on any atom is 0.433 e. The lowest BCUT2D eigenvalue weighted by Gasteiger charge is -2.25. The minimum absolute atomic E-state index is 0.0164. The summed E-state index contributed by atoms with van der Waals surface area (Å²) < 4.78 is 48.3. The van der Waals surface area contributed by atoms with E-state index in [0.717, 1.165) is 16.8 Å². The van der Waals surface area contributed by atoms with Gasteiger partial charge in [-0.2, -0.15) is 8.78 Å². The highest BCUT2D eigenvalue weighted by Gasteiger charge is 2.38. The van der Waals surface area contributed by atoms with Crippen molar-refractivity contribution in [3.8, 4) is 23.0 Å². The molecule has 0 bridgehead atoms. The van der Waals surface area contributed by atoms with E-state index in [2.05, 4.69) is 15.0 Å². The predicted molar refractivity (Wildman–Crippen MR) is 123 cm³/mol. The number of H-pyrrole nitrogens is 1. The van der Waals surface area contributed by atoms with Crippen LogP contribution in [0.2, 0.25) is 0 Å². The van der Waals surface area contributed by atoms with Gasteiger partial charge in [0.15, 0.2) is 34.8 Å². The van der Waals surface area contributed by atoms with Gasteiger partial charge in [0.25, 0.3) is 0 Å². The molecule has 0 fully saturated rings. The third kappa shape index (κ3) is 4.58. The molecule has 0 unspecified atom stereocenters. The fourth-order valence-corrected chi connectivity index (χ4v) is 4.50. The summed E-state index contributed by atoms with van der Waals surface area (Å²) in [5.74, 6) is 1.95. The van der Waals surface area contributed by atoms with E-state index in [1.54, 1.807) is 19.4 Å². The van der Waals surface area contributed by atoms with Crippen molar-refractivity contribution in [1.29, 1.82) is 0 Å². The molecule has 0 radical (unpaired) electrons. The lowest BCUT2D eigenvalue weighted by Crippen LogP contribution is -2.35. The average Bonchev–Trinajstić information content (AvgIpc) is 3.22. The van der Waals surface area contributed by atoms with Gasteiger partial charge in [0, 0.05) is 23.4 Å². The Morgan fingerprint density at radius 2 is 2.00 bits per heavy atom. The van der Waals surface area contributed by atoms with Crippen LogP contribution in [-0.2, 0) is 12.4 Å². The molecule has 2 aromatic carbocycles. The number of thioether (sulfide) groups is 1. The topological polar surface area (TPSA) is 78.5 Å². The van der Waals surface area contributed by atoms with Gasteiger partial charge in [-0.3, -0.25) is 4.98 Å². The highest BCUT2D eigenvalue weighted by Crippen LogP contribution is 2.40. The van der Waals surface area contributed by atoms with Crippen molar-refractivity contribution in [2.24, 2.45) is 0 Å². The fourth-order valence-electron chi connectivity index (χ4n) is 3.59. The molecule has 2 aromatic heterocycles. The van der Waals surface area contributed by atoms with E-state index in [4.69, 9.17) is 18.9 Å². The van der Waals surface area contributed by atoms with E-state index in [-0.39, 0.29) is 11.5 Å². The number of nitrogens with zero attached hydrogens (tertiary/aromatic N) is 2. The highest BCUT2D eigenvalue weighted by molar-refractivity contribution is 7.98. The zero-order valence-corrected chi connectivity index (χ0v) is 19.2. The van der Waals surface area contributed by atoms with Crippen molar-refractivity contribution in [2.45, 2.75) is 30.5 Å². The first kappa shape index (κ1) is 22.3. The summed E-state index contributed by atoms with van der Waals surface area (Å²) in [7, 11) is 1.60. The number of pyridine rings is 1. The van der Waals surface area contributed by atoms with Crippen LogP contribution in [0, 0.1) is 6.92 Å². The Bertz CT molecular complexity index is 1330. The lowest BCUT2D eigenvalue weighted by molar-refractivity contribution is -0.208. The maximum atomic E-state index is 13.5. The summed E-state index contributed by atoms with van der Waals surface area (Å²) in [6.45, 7) is 1.52. The fraction of sp³-hybridized carbons (Fsp3) is 0.250. The molecular formula is C24H21F2N3O4S. The predicted octanol–water partition coefficient (Wildman–Crippen LogP) is 5.51. The van der Waals surface area contributed by atoms with Crippen LogP contribution in [0.5, 0.6) is 23.0 Å². The van der Waals surface area contributed by atoms with Gasteiger partial charge in [-0.05, 0) is 12.5 Å². The molecule has 1 aliphatic rings. The number of halogens is 2. The number of aromatic nitrogens is 3. The Balaban J connectivity index is 1.30. The van der Waals surface area contributed by atoms with Crippen molar-refractivity contribution in [2.75, 3.05) is 13.7 Å². The maximum absolute atomic E-state index is 13.5. The van der Waals surface area contributed by atoms with Gasteiger partial charge in [0.1, 0.15) is 6.61 Å². The van der Waals surface area contributed by atoms with Gasteiger partial charge in [-0.15, -0.1) is 0 Å². The number of imidazole rings is 1. The highest BCUT2D eigenvalue weighted by atomic mass is 32.2. The zero-order valence-electron chi connectivity index (χ0n) is 18.4. The first-order valence-electron chi connectivity index (χ1n) is 10.5. The Hall–Kier alpha value is -3.53. The van der Waals surface area contributed by atoms with E-state index < -0.39 is 12.7 Å². The molecule has 1 aliphatic heterocycles. The molecule has 0 aliphatic carbocycles. The summed E-state index contributed by atoms with van der Waals surface area (Å²) in [6.07, 6.45) is -1.69. The van der Waals surface area contributed by atoms with Crippen molar-refractivity contribution < 1.29 is 27.7 Å². The molecule has 0 saturated heterocycles. The van der Waals surface area contributed by atoms with Gasteiger partial charge in [-0.1, -0.05) is 42.1 Å². The number of hydrogen-bond donors (Lipinski definition) is 1. The largest absolute Gasteiger partial charge is 0.492 e. The first-order valence-corrected chi connectivity index (χ1v) is 11.5. The second-order valence-electron chi connectivity index (χ2n) is 7.68. The summed E-state index contributed by atoms with van der Waals surface area (Å²) in [5, 5.41) is 0.619. The third-order valence-electron chi connectivity index (χ3n) is 5.30. The molecule has 0 spiro atoms. The van der Waals surface area contributed by atoms with E-state index in [9.17, 15) is 8.78 Å². The second kappa shape index (κ2) is 9.02. The van der Waals surface area contributed by atoms with Crippen LogP contribution in [0.3, 0.4) is 0 Å². The van der Waals surface area contributed by atoms with Crippen molar-refractivity contribution in [1.82, 2.24) is 15.0 Å². The van der Waals surface area contributed by atoms with Crippen molar-refractivity contribution >= 4 is 22.8 Å². The van der Waals surface area contributed by atoms with Crippen molar-refractivity contribution in [3.63, 3.8) is 0 Å². The number of aromatic amines is 1. The monoisotopic (exact) mass is 485 g/mol. The van der Waals surface area contributed by atoms with Gasteiger partial charge in [-0.25, -0.2) is 4.98 Å². The van der Waals surface area contributed by atoms with Gasteiger partial charge >= 0.3 is 6.11 Å². The van der Waals surface area contributed by atoms with Gasteiger partial charge < -0.3 is 23.9 Å². The Morgan fingerprint density at radius 1 is 1.18 bits per heavy atom. The number of methoxy groups -OCH3 is 1. The van der Waals surface area contributed by atoms with Gasteiger partial charge in [0.2, 0.25) is 0 Å². The molecular weight excluding hydrogens is 464 g/mol. The third-order valence-corrected chi connectivity index (χ3v) is 6.19. The quantitative estimate of drug-likeness (QED) is 0.346. The normalized spacial score (nSPS) is 14.2. The van der Waals surface area contributed by atoms with E-state index in [0.29, 0.717) is 40.0 Å². The number of hydrogen-bond acceptors (Lipinski definition) is 7. The minimum Gasteiger partial charge on any atom is -0.492 e. The van der Waals surface area contributed by atoms with Crippen molar-refractivity contribution in [3.05, 3.63) is 65.5 Å². The number of ether oxygens (including phenoxy) is 4. The van der Waals surface area contributed by atoms with E-state index >= 15 is 0 Å². The molecule has 4 aromatic rings. The Kier molecular flexibility index (Phi) is 5.91. The summed E-state index contributed by atoms with van der Waals surface area (Å²) in [6, 6.07) is 12.9. The molecule has 10 heteroatoms. The molecule has 176 valence electrons. The Labute approximate surface area is 198 Å². The van der Waals surface area contributed by atoms with Crippen LogP contribution >= 0.6 is 11.8 Å². The number of nitrogens with one attached hydrogen (secondary N) is 1. The van der Waals surface area contributed by atoms with Crippen LogP contribution in [0.1, 0.15) is 16.8 Å². The number of benzene rings is 2. The smallest absolute Gasteiger partial charge is 0.433 e. The summed E-state index contributed by atoms with van der Waals surface area (Å²) in [5.41, 5.74) is 3.92. The SMILES string of the molecule is COc1c(OCc2ccccc2)cnc(CSc2nc3cc4c(cc3[nH]2)OC(F)(F)CO4)c1C. The summed E-state index contributed by atoms with van der Waals surface area (Å²) in [4.78, 5) is 12.2. The standard InChI is InChI=1S/C24H21F2N3O4S/c1-14-18(27-10-21(22(14)30-2)31-11-15-6-4-3-5-7-15)12-34-23-28-16-8-19-20(9-17(16)29-23)33-24(25,26)13-32-19/h3-10H,11-13H2,1-2H3,(H,28,29). The molecule has 1 N–H and O–H groups in total. The first-order chi connectivity index (χ1) is 16.4. The molecule has 0 atom stereocenters. The Morgan fingerprint density at radius 3 is 2.79 bits per heavy atom. The van der Waals surface area contributed by atoms with Crippen LogP contribution in [-0.4, -0.2) is 34.8 Å². The molecule has 3 heterocycles. The van der Waals surface area contributed by atoms with Gasteiger partial charge in [0.05, 0.1) is 30.0 Å². The van der Waals surface area contributed by atoms with E-state index in [1.807, 2.05) is 37.3 Å². The summed E-state index contributed by atoms with van der Waals surface area (Å²) >= 11 is 1.44.